The third-order valence-electron chi connectivity index (χ3n) is 6.51. The summed E-state index contributed by atoms with van der Waals surface area (Å²) in [6.07, 6.45) is 3.97. The summed E-state index contributed by atoms with van der Waals surface area (Å²) in [6.45, 7) is 0.823. The van der Waals surface area contributed by atoms with Crippen molar-refractivity contribution in [1.29, 1.82) is 0 Å². The van der Waals surface area contributed by atoms with E-state index in [1.165, 1.54) is 18.2 Å². The molecule has 1 aliphatic heterocycles. The number of benzene rings is 2. The zero-order valence-electron chi connectivity index (χ0n) is 16.5. The molecule has 2 unspecified atom stereocenters. The minimum absolute atomic E-state index is 0.138. The number of rotatable bonds is 2. The molecule has 0 spiro atoms. The molecule has 1 saturated heterocycles. The Balaban J connectivity index is 1.51. The summed E-state index contributed by atoms with van der Waals surface area (Å²) in [5.74, 6) is 0.140. The number of piperidine rings is 1. The number of esters is 1. The van der Waals surface area contributed by atoms with E-state index in [-0.39, 0.29) is 17.9 Å². The lowest BCUT2D eigenvalue weighted by atomic mass is 9.73. The van der Waals surface area contributed by atoms with Gasteiger partial charge in [-0.1, -0.05) is 24.3 Å². The molecule has 1 fully saturated rings. The number of aryl methyl sites for hydroxylation is 1. The summed E-state index contributed by atoms with van der Waals surface area (Å²) in [5, 5.41) is 1.10. The van der Waals surface area contributed by atoms with Gasteiger partial charge in [0.1, 0.15) is 5.69 Å². The normalized spacial score (nSPS) is 20.8. The number of hydrogen-bond donors (Lipinski definition) is 1. The highest BCUT2D eigenvalue weighted by Crippen LogP contribution is 2.43. The smallest absolute Gasteiger partial charge is 0.354 e. The van der Waals surface area contributed by atoms with Gasteiger partial charge in [0.15, 0.2) is 0 Å². The van der Waals surface area contributed by atoms with Crippen LogP contribution in [0.1, 0.15) is 57.2 Å². The van der Waals surface area contributed by atoms with Crippen molar-refractivity contribution in [2.24, 2.45) is 0 Å². The second kappa shape index (κ2) is 7.07. The average molecular weight is 388 g/mol. The standard InChI is InChI=1S/C24H24N2O3/c1-29-24(28)21-14-19-17-10-12-22-18(16(17)9-11-20(19)25-21)8-5-13-26(22)23(27)15-6-3-2-4-7-15/h2-4,6-7,9,11,14,18,22,25H,5,8,10,12-13H2,1H3. The molecule has 1 N–H and O–H groups in total. The summed E-state index contributed by atoms with van der Waals surface area (Å²) < 4.78 is 4.86. The molecule has 2 aliphatic rings. The molecule has 2 aromatic carbocycles. The number of ether oxygens (including phenoxy) is 1. The number of carbonyl (C=O) groups excluding carboxylic acids is 2. The molecule has 1 aromatic heterocycles. The van der Waals surface area contributed by atoms with Crippen LogP contribution in [0.25, 0.3) is 10.9 Å². The van der Waals surface area contributed by atoms with Gasteiger partial charge in [-0.2, -0.15) is 0 Å². The van der Waals surface area contributed by atoms with E-state index in [4.69, 9.17) is 4.74 Å². The summed E-state index contributed by atoms with van der Waals surface area (Å²) in [6, 6.07) is 16.0. The molecule has 148 valence electrons. The van der Waals surface area contributed by atoms with Crippen molar-refractivity contribution in [2.75, 3.05) is 13.7 Å². The molecular weight excluding hydrogens is 364 g/mol. The second-order valence-corrected chi connectivity index (χ2v) is 7.99. The van der Waals surface area contributed by atoms with E-state index < -0.39 is 0 Å². The highest BCUT2D eigenvalue weighted by Gasteiger charge is 2.39. The van der Waals surface area contributed by atoms with Crippen LogP contribution in [-0.2, 0) is 11.2 Å². The molecule has 1 aliphatic carbocycles. The topological polar surface area (TPSA) is 62.4 Å². The minimum atomic E-state index is -0.346. The number of H-pyrrole nitrogens is 1. The van der Waals surface area contributed by atoms with Crippen molar-refractivity contribution in [3.63, 3.8) is 0 Å². The zero-order valence-corrected chi connectivity index (χ0v) is 16.5. The lowest BCUT2D eigenvalue weighted by Gasteiger charge is -2.45. The van der Waals surface area contributed by atoms with E-state index in [0.29, 0.717) is 11.6 Å². The summed E-state index contributed by atoms with van der Waals surface area (Å²) in [7, 11) is 1.40. The van der Waals surface area contributed by atoms with Crippen LogP contribution in [0.4, 0.5) is 0 Å². The largest absolute Gasteiger partial charge is 0.464 e. The third-order valence-corrected chi connectivity index (χ3v) is 6.51. The molecule has 5 nitrogen and oxygen atoms in total. The van der Waals surface area contributed by atoms with Crippen molar-refractivity contribution in [3.05, 3.63) is 70.9 Å². The SMILES string of the molecule is COC(=O)c1cc2c3c(ccc2[nH]1)C1CCCN(C(=O)c2ccccc2)C1CC3. The molecule has 0 bridgehead atoms. The van der Waals surface area contributed by atoms with Crippen LogP contribution in [0.5, 0.6) is 0 Å². The fourth-order valence-electron chi connectivity index (χ4n) is 5.19. The zero-order chi connectivity index (χ0) is 20.0. The van der Waals surface area contributed by atoms with Crippen LogP contribution in [0.2, 0.25) is 0 Å². The first-order valence-electron chi connectivity index (χ1n) is 10.3. The molecule has 1 amide bonds. The summed E-state index contributed by atoms with van der Waals surface area (Å²) in [5.41, 5.74) is 4.86. The maximum Gasteiger partial charge on any atom is 0.354 e. The molecule has 5 rings (SSSR count). The van der Waals surface area contributed by atoms with Gasteiger partial charge in [0, 0.05) is 35.0 Å². The Labute approximate surface area is 169 Å². The molecule has 2 atom stereocenters. The van der Waals surface area contributed by atoms with E-state index in [9.17, 15) is 9.59 Å². The van der Waals surface area contributed by atoms with Gasteiger partial charge in [0.25, 0.3) is 5.91 Å². The lowest BCUT2D eigenvalue weighted by molar-refractivity contribution is 0.0546. The Morgan fingerprint density at radius 2 is 1.93 bits per heavy atom. The number of nitrogens with zero attached hydrogens (tertiary/aromatic N) is 1. The third kappa shape index (κ3) is 2.92. The molecule has 0 radical (unpaired) electrons. The quantitative estimate of drug-likeness (QED) is 0.666. The first-order chi connectivity index (χ1) is 14.2. The van der Waals surface area contributed by atoms with Crippen molar-refractivity contribution < 1.29 is 14.3 Å². The minimum Gasteiger partial charge on any atom is -0.464 e. The van der Waals surface area contributed by atoms with Crippen LogP contribution in [0.15, 0.2) is 48.5 Å². The van der Waals surface area contributed by atoms with Gasteiger partial charge < -0.3 is 14.6 Å². The predicted molar refractivity (Wildman–Crippen MR) is 111 cm³/mol. The average Bonchev–Trinajstić information content (AvgIpc) is 3.22. The van der Waals surface area contributed by atoms with Gasteiger partial charge in [-0.3, -0.25) is 4.79 Å². The van der Waals surface area contributed by atoms with Gasteiger partial charge >= 0.3 is 5.97 Å². The number of amides is 1. The molecule has 0 saturated carbocycles. The fraction of sp³-hybridized carbons (Fsp3) is 0.333. The molecule has 29 heavy (non-hydrogen) atoms. The Bertz CT molecular complexity index is 1090. The van der Waals surface area contributed by atoms with E-state index in [2.05, 4.69) is 22.0 Å². The highest BCUT2D eigenvalue weighted by molar-refractivity contribution is 5.97. The van der Waals surface area contributed by atoms with Crippen LogP contribution >= 0.6 is 0 Å². The van der Waals surface area contributed by atoms with Crippen molar-refractivity contribution in [3.8, 4) is 0 Å². The van der Waals surface area contributed by atoms with Crippen LogP contribution in [0, 0.1) is 0 Å². The van der Waals surface area contributed by atoms with E-state index in [0.717, 1.165) is 48.7 Å². The predicted octanol–water partition coefficient (Wildman–Crippen LogP) is 4.29. The Morgan fingerprint density at radius 1 is 1.10 bits per heavy atom. The highest BCUT2D eigenvalue weighted by atomic mass is 16.5. The lowest BCUT2D eigenvalue weighted by Crippen LogP contribution is -2.49. The second-order valence-electron chi connectivity index (χ2n) is 7.99. The number of aromatic amines is 1. The molecular formula is C24H24N2O3. The maximum atomic E-state index is 13.2. The molecule has 2 heterocycles. The number of fused-ring (bicyclic) bond motifs is 5. The number of aromatic nitrogens is 1. The number of hydrogen-bond acceptors (Lipinski definition) is 3. The van der Waals surface area contributed by atoms with Crippen molar-refractivity contribution in [1.82, 2.24) is 9.88 Å². The van der Waals surface area contributed by atoms with E-state index in [1.807, 2.05) is 36.4 Å². The van der Waals surface area contributed by atoms with Gasteiger partial charge in [0.05, 0.1) is 7.11 Å². The van der Waals surface area contributed by atoms with Gasteiger partial charge in [-0.15, -0.1) is 0 Å². The Morgan fingerprint density at radius 3 is 2.72 bits per heavy atom. The summed E-state index contributed by atoms with van der Waals surface area (Å²) >= 11 is 0. The van der Waals surface area contributed by atoms with E-state index >= 15 is 0 Å². The monoisotopic (exact) mass is 388 g/mol. The Kier molecular flexibility index (Phi) is 4.38. The van der Waals surface area contributed by atoms with Crippen molar-refractivity contribution in [2.45, 2.75) is 37.6 Å². The molecule has 3 aromatic rings. The summed E-state index contributed by atoms with van der Waals surface area (Å²) in [4.78, 5) is 30.4. The number of nitrogens with one attached hydrogen (secondary N) is 1. The van der Waals surface area contributed by atoms with Gasteiger partial charge in [0.2, 0.25) is 0 Å². The van der Waals surface area contributed by atoms with Gasteiger partial charge in [-0.25, -0.2) is 4.79 Å². The maximum absolute atomic E-state index is 13.2. The first-order valence-corrected chi connectivity index (χ1v) is 10.3. The number of methoxy groups -OCH3 is 1. The number of likely N-dealkylation sites (tertiary alicyclic amines) is 1. The van der Waals surface area contributed by atoms with Crippen LogP contribution in [-0.4, -0.2) is 41.5 Å². The first kappa shape index (κ1) is 18.0. The molecule has 5 heteroatoms. The number of carbonyl (C=O) groups is 2. The van der Waals surface area contributed by atoms with Gasteiger partial charge in [-0.05, 0) is 61.1 Å². The van der Waals surface area contributed by atoms with Crippen molar-refractivity contribution >= 4 is 22.8 Å². The van der Waals surface area contributed by atoms with Crippen LogP contribution in [0.3, 0.4) is 0 Å². The van der Waals surface area contributed by atoms with E-state index in [1.54, 1.807) is 0 Å². The Hall–Kier alpha value is -3.08. The fourth-order valence-corrected chi connectivity index (χ4v) is 5.19. The van der Waals surface area contributed by atoms with Crippen LogP contribution < -0.4 is 0 Å².